The van der Waals surface area contributed by atoms with Gasteiger partial charge in [-0.25, -0.2) is 0 Å². The first-order chi connectivity index (χ1) is 12.7. The Hall–Kier alpha value is -3.08. The lowest BCUT2D eigenvalue weighted by Gasteiger charge is -2.09. The highest BCUT2D eigenvalue weighted by molar-refractivity contribution is 5.96. The lowest BCUT2D eigenvalue weighted by Crippen LogP contribution is -2.15. The summed E-state index contributed by atoms with van der Waals surface area (Å²) in [5.74, 6) is 0.172. The summed E-state index contributed by atoms with van der Waals surface area (Å²) in [6.07, 6.45) is 4.33. The van der Waals surface area contributed by atoms with E-state index in [2.05, 4.69) is 33.4 Å². The molecule has 2 aromatic carbocycles. The van der Waals surface area contributed by atoms with Crippen LogP contribution in [-0.2, 0) is 16.1 Å². The van der Waals surface area contributed by atoms with Crippen molar-refractivity contribution in [3.8, 4) is 0 Å². The summed E-state index contributed by atoms with van der Waals surface area (Å²) < 4.78 is 2.08. The predicted octanol–water partition coefficient (Wildman–Crippen LogP) is 4.02. The molecule has 0 unspecified atom stereocenters. The van der Waals surface area contributed by atoms with Gasteiger partial charge < -0.3 is 15.2 Å². The molecule has 2 N–H and O–H groups in total. The number of amides is 2. The minimum absolute atomic E-state index is 0.0477. The summed E-state index contributed by atoms with van der Waals surface area (Å²) in [4.78, 5) is 24.1. The second kappa shape index (κ2) is 7.04. The zero-order valence-corrected chi connectivity index (χ0v) is 14.4. The number of anilines is 2. The molecule has 5 heteroatoms. The van der Waals surface area contributed by atoms with Crippen molar-refractivity contribution in [3.63, 3.8) is 0 Å². The minimum atomic E-state index is -0.0477. The molecule has 4 rings (SSSR count). The molecular weight excluding hydrogens is 326 g/mol. The Bertz CT molecular complexity index is 957. The van der Waals surface area contributed by atoms with Crippen LogP contribution >= 0.6 is 0 Å². The van der Waals surface area contributed by atoms with Crippen LogP contribution < -0.4 is 10.6 Å². The van der Waals surface area contributed by atoms with E-state index in [0.29, 0.717) is 18.7 Å². The molecule has 0 radical (unpaired) electrons. The Morgan fingerprint density at radius 2 is 1.73 bits per heavy atom. The van der Waals surface area contributed by atoms with Gasteiger partial charge >= 0.3 is 0 Å². The molecule has 1 fully saturated rings. The number of rotatable bonds is 6. The van der Waals surface area contributed by atoms with E-state index in [-0.39, 0.29) is 17.7 Å². The first-order valence-corrected chi connectivity index (χ1v) is 8.94. The average Bonchev–Trinajstić information content (AvgIpc) is 3.41. The van der Waals surface area contributed by atoms with Gasteiger partial charge in [0.05, 0.1) is 0 Å². The number of carbonyl (C=O) groups is 2. The van der Waals surface area contributed by atoms with Gasteiger partial charge in [0.1, 0.15) is 0 Å². The van der Waals surface area contributed by atoms with Crippen molar-refractivity contribution in [1.29, 1.82) is 0 Å². The maximum absolute atomic E-state index is 12.3. The SMILES string of the molecule is O=C(CCn1ccc2ccccc21)Nc1cccc(NC(=O)C2CC2)c1. The van der Waals surface area contributed by atoms with Crippen LogP contribution in [0.1, 0.15) is 19.3 Å². The number of para-hydroxylation sites is 1. The topological polar surface area (TPSA) is 63.1 Å². The summed E-state index contributed by atoms with van der Waals surface area (Å²) >= 11 is 0. The van der Waals surface area contributed by atoms with Gasteiger partial charge in [-0.3, -0.25) is 9.59 Å². The highest BCUT2D eigenvalue weighted by Crippen LogP contribution is 2.30. The summed E-state index contributed by atoms with van der Waals surface area (Å²) in [5.41, 5.74) is 2.54. The number of aryl methyl sites for hydroxylation is 1. The van der Waals surface area contributed by atoms with Crippen molar-refractivity contribution in [2.75, 3.05) is 10.6 Å². The Balaban J connectivity index is 1.35. The van der Waals surface area contributed by atoms with Crippen LogP contribution in [0.4, 0.5) is 11.4 Å². The van der Waals surface area contributed by atoms with Crippen LogP contribution in [0.2, 0.25) is 0 Å². The molecule has 132 valence electrons. The largest absolute Gasteiger partial charge is 0.347 e. The molecule has 0 atom stereocenters. The van der Waals surface area contributed by atoms with E-state index in [0.717, 1.165) is 24.0 Å². The van der Waals surface area contributed by atoms with E-state index in [9.17, 15) is 9.59 Å². The van der Waals surface area contributed by atoms with E-state index < -0.39 is 0 Å². The van der Waals surface area contributed by atoms with Gasteiger partial charge in [0, 0.05) is 42.0 Å². The number of benzene rings is 2. The number of nitrogens with one attached hydrogen (secondary N) is 2. The van der Waals surface area contributed by atoms with Gasteiger partial charge in [-0.05, 0) is 48.6 Å². The third kappa shape index (κ3) is 3.77. The van der Waals surface area contributed by atoms with Gasteiger partial charge in [0.2, 0.25) is 11.8 Å². The van der Waals surface area contributed by atoms with Crippen LogP contribution in [0.15, 0.2) is 60.8 Å². The zero-order valence-electron chi connectivity index (χ0n) is 14.4. The second-order valence-electron chi connectivity index (χ2n) is 6.71. The second-order valence-corrected chi connectivity index (χ2v) is 6.71. The third-order valence-corrected chi connectivity index (χ3v) is 4.62. The minimum Gasteiger partial charge on any atom is -0.347 e. The van der Waals surface area contributed by atoms with Crippen LogP contribution in [0.3, 0.4) is 0 Å². The monoisotopic (exact) mass is 347 g/mol. The fourth-order valence-electron chi connectivity index (χ4n) is 3.05. The van der Waals surface area contributed by atoms with E-state index in [1.807, 2.05) is 36.5 Å². The van der Waals surface area contributed by atoms with Crippen molar-refractivity contribution in [1.82, 2.24) is 4.57 Å². The highest BCUT2D eigenvalue weighted by atomic mass is 16.2. The summed E-state index contributed by atoms with van der Waals surface area (Å²) in [5, 5.41) is 6.98. The number of fused-ring (bicyclic) bond motifs is 1. The Morgan fingerprint density at radius 1 is 0.962 bits per heavy atom. The van der Waals surface area contributed by atoms with Crippen LogP contribution in [0.25, 0.3) is 10.9 Å². The fraction of sp³-hybridized carbons (Fsp3) is 0.238. The van der Waals surface area contributed by atoms with Crippen LogP contribution in [0, 0.1) is 5.92 Å². The van der Waals surface area contributed by atoms with Gasteiger partial charge in [0.15, 0.2) is 0 Å². The molecule has 1 heterocycles. The first kappa shape index (κ1) is 16.4. The Kier molecular flexibility index (Phi) is 4.44. The molecule has 5 nitrogen and oxygen atoms in total. The van der Waals surface area contributed by atoms with Crippen molar-refractivity contribution >= 4 is 34.1 Å². The number of carbonyl (C=O) groups excluding carboxylic acids is 2. The predicted molar refractivity (Wildman–Crippen MR) is 103 cm³/mol. The lowest BCUT2D eigenvalue weighted by atomic mass is 10.2. The van der Waals surface area contributed by atoms with Crippen molar-refractivity contribution in [2.45, 2.75) is 25.8 Å². The molecule has 26 heavy (non-hydrogen) atoms. The van der Waals surface area contributed by atoms with Gasteiger partial charge in [-0.2, -0.15) is 0 Å². The molecule has 0 aliphatic heterocycles. The smallest absolute Gasteiger partial charge is 0.227 e. The normalized spacial score (nSPS) is 13.5. The maximum atomic E-state index is 12.3. The van der Waals surface area contributed by atoms with E-state index in [4.69, 9.17) is 0 Å². The summed E-state index contributed by atoms with van der Waals surface area (Å²) in [7, 11) is 0. The van der Waals surface area contributed by atoms with E-state index >= 15 is 0 Å². The Morgan fingerprint density at radius 3 is 2.54 bits per heavy atom. The molecule has 0 spiro atoms. The number of aromatic nitrogens is 1. The molecule has 2 amide bonds. The first-order valence-electron chi connectivity index (χ1n) is 8.94. The quantitative estimate of drug-likeness (QED) is 0.707. The van der Waals surface area contributed by atoms with E-state index in [1.54, 1.807) is 6.07 Å². The van der Waals surface area contributed by atoms with Crippen molar-refractivity contribution in [2.24, 2.45) is 5.92 Å². The van der Waals surface area contributed by atoms with Crippen LogP contribution in [-0.4, -0.2) is 16.4 Å². The van der Waals surface area contributed by atoms with Crippen molar-refractivity contribution < 1.29 is 9.59 Å². The maximum Gasteiger partial charge on any atom is 0.227 e. The molecule has 1 aliphatic rings. The number of hydrogen-bond donors (Lipinski definition) is 2. The summed E-state index contributed by atoms with van der Waals surface area (Å²) in [6, 6.07) is 17.5. The number of nitrogens with zero attached hydrogens (tertiary/aromatic N) is 1. The third-order valence-electron chi connectivity index (χ3n) is 4.62. The molecule has 1 aliphatic carbocycles. The molecule has 0 bridgehead atoms. The van der Waals surface area contributed by atoms with E-state index in [1.165, 1.54) is 5.39 Å². The Labute approximate surface area is 152 Å². The average molecular weight is 347 g/mol. The van der Waals surface area contributed by atoms with Gasteiger partial charge in [-0.15, -0.1) is 0 Å². The van der Waals surface area contributed by atoms with Gasteiger partial charge in [-0.1, -0.05) is 24.3 Å². The molecule has 1 saturated carbocycles. The standard InChI is InChI=1S/C21H21N3O2/c25-20(11-13-24-12-10-15-4-1-2-7-19(15)24)22-17-5-3-6-18(14-17)23-21(26)16-8-9-16/h1-7,10,12,14,16H,8-9,11,13H2,(H,22,25)(H,23,26). The van der Waals surface area contributed by atoms with Crippen LogP contribution in [0.5, 0.6) is 0 Å². The van der Waals surface area contributed by atoms with Crippen molar-refractivity contribution in [3.05, 3.63) is 60.8 Å². The molecule has 0 saturated heterocycles. The number of hydrogen-bond acceptors (Lipinski definition) is 2. The molecular formula is C21H21N3O2. The lowest BCUT2D eigenvalue weighted by molar-refractivity contribution is -0.117. The van der Waals surface area contributed by atoms with Gasteiger partial charge in [0.25, 0.3) is 0 Å². The fourth-order valence-corrected chi connectivity index (χ4v) is 3.05. The zero-order chi connectivity index (χ0) is 17.9. The molecule has 3 aromatic rings. The molecule has 1 aromatic heterocycles. The summed E-state index contributed by atoms with van der Waals surface area (Å²) in [6.45, 7) is 0.622. The highest BCUT2D eigenvalue weighted by Gasteiger charge is 2.29.